The van der Waals surface area contributed by atoms with Gasteiger partial charge in [-0.1, -0.05) is 13.3 Å². The van der Waals surface area contributed by atoms with Crippen LogP contribution in [0.3, 0.4) is 0 Å². The van der Waals surface area contributed by atoms with Crippen LogP contribution in [0.25, 0.3) is 0 Å². The molecule has 0 saturated carbocycles. The first-order chi connectivity index (χ1) is 12.6. The first-order valence-corrected chi connectivity index (χ1v) is 9.76. The number of esters is 1. The molecule has 0 bridgehead atoms. The Morgan fingerprint density at radius 1 is 1.31 bits per heavy atom. The predicted molar refractivity (Wildman–Crippen MR) is 97.1 cm³/mol. The van der Waals surface area contributed by atoms with Crippen molar-refractivity contribution in [3.63, 3.8) is 0 Å². The molecule has 2 aromatic rings. The summed E-state index contributed by atoms with van der Waals surface area (Å²) >= 11 is 1.48. The minimum absolute atomic E-state index is 0.0136. The first kappa shape index (κ1) is 18.5. The number of carbonyl (C=O) groups is 2. The number of carbonyl (C=O) groups excluding carboxylic acids is 2. The number of rotatable bonds is 7. The van der Waals surface area contributed by atoms with Crippen LogP contribution in [0, 0.1) is 0 Å². The van der Waals surface area contributed by atoms with Crippen LogP contribution < -0.4 is 5.32 Å². The summed E-state index contributed by atoms with van der Waals surface area (Å²) in [6.07, 6.45) is 5.91. The summed E-state index contributed by atoms with van der Waals surface area (Å²) < 4.78 is 7.15. The Balaban J connectivity index is 1.76. The third-order valence-electron chi connectivity index (χ3n) is 4.33. The number of ether oxygens (including phenoxy) is 1. The van der Waals surface area contributed by atoms with Crippen LogP contribution in [0.5, 0.6) is 0 Å². The Hall–Kier alpha value is -2.29. The van der Waals surface area contributed by atoms with E-state index in [9.17, 15) is 9.59 Å². The summed E-state index contributed by atoms with van der Waals surface area (Å²) in [6, 6.07) is 0. The fourth-order valence-electron chi connectivity index (χ4n) is 3.04. The van der Waals surface area contributed by atoms with Gasteiger partial charge in [-0.15, -0.1) is 16.4 Å². The van der Waals surface area contributed by atoms with Gasteiger partial charge < -0.3 is 10.1 Å². The van der Waals surface area contributed by atoms with Crippen LogP contribution in [0.1, 0.15) is 66.2 Å². The molecule has 140 valence electrons. The standard InChI is InChI=1S/C17H23N5O3S/c1-3-4-9-22-14(19-20-21-22)10-25-17(24)15-12-7-5-6-8-13(12)26-16(15)18-11(2)23/h3-10H2,1-2H3,(H,18,23). The topological polar surface area (TPSA) is 99.0 Å². The van der Waals surface area contributed by atoms with Crippen molar-refractivity contribution in [1.82, 2.24) is 20.2 Å². The summed E-state index contributed by atoms with van der Waals surface area (Å²) in [5.74, 6) is -0.101. The zero-order chi connectivity index (χ0) is 18.5. The van der Waals surface area contributed by atoms with E-state index in [1.165, 1.54) is 23.1 Å². The number of aromatic nitrogens is 4. The Kier molecular flexibility index (Phi) is 5.97. The van der Waals surface area contributed by atoms with Crippen molar-refractivity contribution >= 4 is 28.2 Å². The number of nitrogens with one attached hydrogen (secondary N) is 1. The molecule has 0 aromatic carbocycles. The molecule has 1 aliphatic carbocycles. The fourth-order valence-corrected chi connectivity index (χ4v) is 4.36. The highest BCUT2D eigenvalue weighted by Crippen LogP contribution is 2.38. The molecule has 1 aliphatic rings. The zero-order valence-electron chi connectivity index (χ0n) is 15.1. The number of amides is 1. The molecule has 0 saturated heterocycles. The third kappa shape index (κ3) is 4.09. The molecule has 2 aromatic heterocycles. The average Bonchev–Trinajstić information content (AvgIpc) is 3.20. The summed E-state index contributed by atoms with van der Waals surface area (Å²) in [4.78, 5) is 25.4. The molecular weight excluding hydrogens is 354 g/mol. The highest BCUT2D eigenvalue weighted by molar-refractivity contribution is 7.17. The van der Waals surface area contributed by atoms with E-state index < -0.39 is 5.97 Å². The van der Waals surface area contributed by atoms with Gasteiger partial charge in [0, 0.05) is 18.3 Å². The second-order valence-corrected chi connectivity index (χ2v) is 7.45. The van der Waals surface area contributed by atoms with Crippen LogP contribution in [0.15, 0.2) is 0 Å². The van der Waals surface area contributed by atoms with Crippen molar-refractivity contribution in [2.75, 3.05) is 5.32 Å². The Morgan fingerprint density at radius 2 is 2.12 bits per heavy atom. The zero-order valence-corrected chi connectivity index (χ0v) is 15.9. The fraction of sp³-hybridized carbons (Fsp3) is 0.588. The number of anilines is 1. The highest BCUT2D eigenvalue weighted by Gasteiger charge is 2.27. The number of unbranched alkanes of at least 4 members (excludes halogenated alkanes) is 1. The summed E-state index contributed by atoms with van der Waals surface area (Å²) in [5.41, 5.74) is 1.51. The van der Waals surface area contributed by atoms with Crippen LogP contribution >= 0.6 is 11.3 Å². The molecular formula is C17H23N5O3S. The van der Waals surface area contributed by atoms with Gasteiger partial charge in [-0.2, -0.15) is 0 Å². The van der Waals surface area contributed by atoms with Crippen molar-refractivity contribution in [1.29, 1.82) is 0 Å². The molecule has 9 heteroatoms. The number of hydrogen-bond donors (Lipinski definition) is 1. The smallest absolute Gasteiger partial charge is 0.341 e. The number of thiophene rings is 1. The Morgan fingerprint density at radius 3 is 2.88 bits per heavy atom. The maximum atomic E-state index is 12.8. The van der Waals surface area contributed by atoms with Crippen molar-refractivity contribution in [2.24, 2.45) is 0 Å². The lowest BCUT2D eigenvalue weighted by molar-refractivity contribution is -0.114. The molecule has 1 N–H and O–H groups in total. The van der Waals surface area contributed by atoms with Gasteiger partial charge in [-0.05, 0) is 48.1 Å². The molecule has 2 heterocycles. The average molecular weight is 377 g/mol. The summed E-state index contributed by atoms with van der Waals surface area (Å²) in [5, 5.41) is 14.9. The van der Waals surface area contributed by atoms with E-state index in [0.717, 1.165) is 44.1 Å². The van der Waals surface area contributed by atoms with Crippen LogP contribution in [-0.4, -0.2) is 32.1 Å². The third-order valence-corrected chi connectivity index (χ3v) is 5.53. The monoisotopic (exact) mass is 377 g/mol. The van der Waals surface area contributed by atoms with E-state index in [-0.39, 0.29) is 12.5 Å². The lowest BCUT2D eigenvalue weighted by Crippen LogP contribution is -2.15. The van der Waals surface area contributed by atoms with E-state index in [0.29, 0.717) is 22.9 Å². The molecule has 0 atom stereocenters. The molecule has 0 radical (unpaired) electrons. The molecule has 1 amide bonds. The molecule has 0 fully saturated rings. The van der Waals surface area contributed by atoms with E-state index >= 15 is 0 Å². The number of tetrazole rings is 1. The van der Waals surface area contributed by atoms with E-state index in [2.05, 4.69) is 27.8 Å². The molecule has 26 heavy (non-hydrogen) atoms. The summed E-state index contributed by atoms with van der Waals surface area (Å²) in [6.45, 7) is 4.24. The van der Waals surface area contributed by atoms with Crippen LogP contribution in [0.4, 0.5) is 5.00 Å². The van der Waals surface area contributed by atoms with Gasteiger partial charge >= 0.3 is 5.97 Å². The quantitative estimate of drug-likeness (QED) is 0.745. The highest BCUT2D eigenvalue weighted by atomic mass is 32.1. The lowest BCUT2D eigenvalue weighted by Gasteiger charge is -2.12. The minimum atomic E-state index is -0.432. The maximum absolute atomic E-state index is 12.8. The van der Waals surface area contributed by atoms with Crippen molar-refractivity contribution in [2.45, 2.75) is 65.5 Å². The number of nitrogens with zero attached hydrogens (tertiary/aromatic N) is 4. The van der Waals surface area contributed by atoms with Crippen molar-refractivity contribution < 1.29 is 14.3 Å². The van der Waals surface area contributed by atoms with Gasteiger partial charge in [0.05, 0.1) is 5.56 Å². The number of aryl methyl sites for hydroxylation is 2. The lowest BCUT2D eigenvalue weighted by atomic mass is 9.95. The van der Waals surface area contributed by atoms with Crippen molar-refractivity contribution in [3.05, 3.63) is 21.8 Å². The largest absolute Gasteiger partial charge is 0.454 e. The molecule has 8 nitrogen and oxygen atoms in total. The van der Waals surface area contributed by atoms with E-state index in [1.807, 2.05) is 0 Å². The minimum Gasteiger partial charge on any atom is -0.454 e. The second kappa shape index (κ2) is 8.39. The first-order valence-electron chi connectivity index (χ1n) is 8.94. The Bertz CT molecular complexity index is 798. The van der Waals surface area contributed by atoms with Gasteiger partial charge in [0.1, 0.15) is 5.00 Å². The van der Waals surface area contributed by atoms with Crippen molar-refractivity contribution in [3.8, 4) is 0 Å². The molecule has 0 unspecified atom stereocenters. The van der Waals surface area contributed by atoms with Gasteiger partial charge in [-0.3, -0.25) is 4.79 Å². The predicted octanol–water partition coefficient (Wildman–Crippen LogP) is 2.73. The SMILES string of the molecule is CCCCn1nnnc1COC(=O)c1c(NC(C)=O)sc2c1CCCC2. The van der Waals surface area contributed by atoms with E-state index in [1.54, 1.807) is 4.68 Å². The van der Waals surface area contributed by atoms with E-state index in [4.69, 9.17) is 4.74 Å². The van der Waals surface area contributed by atoms with Crippen LogP contribution in [-0.2, 0) is 35.5 Å². The van der Waals surface area contributed by atoms with Gasteiger partial charge in [0.25, 0.3) is 0 Å². The van der Waals surface area contributed by atoms with Crippen LogP contribution in [0.2, 0.25) is 0 Å². The molecule has 0 spiro atoms. The van der Waals surface area contributed by atoms with Gasteiger partial charge in [0.15, 0.2) is 12.4 Å². The number of hydrogen-bond acceptors (Lipinski definition) is 7. The molecule has 0 aliphatic heterocycles. The number of fused-ring (bicyclic) bond motifs is 1. The normalized spacial score (nSPS) is 13.3. The molecule has 3 rings (SSSR count). The maximum Gasteiger partial charge on any atom is 0.341 e. The van der Waals surface area contributed by atoms with Gasteiger partial charge in [0.2, 0.25) is 5.91 Å². The van der Waals surface area contributed by atoms with Gasteiger partial charge in [-0.25, -0.2) is 9.48 Å². The second-order valence-electron chi connectivity index (χ2n) is 6.34. The Labute approximate surface area is 155 Å². The summed E-state index contributed by atoms with van der Waals surface area (Å²) in [7, 11) is 0.